The number of alkyl halides is 4. The Labute approximate surface area is 60.4 Å². The monoisotopic (exact) mass is 169 g/mol. The summed E-state index contributed by atoms with van der Waals surface area (Å²) in [4.78, 5) is 0. The van der Waals surface area contributed by atoms with E-state index in [-0.39, 0.29) is 0 Å². The maximum Gasteiger partial charge on any atom is 0.298 e. The predicted octanol–water partition coefficient (Wildman–Crippen LogP) is 2.07. The van der Waals surface area contributed by atoms with Gasteiger partial charge < -0.3 is 0 Å². The number of nitriles is 1. The van der Waals surface area contributed by atoms with E-state index in [9.17, 15) is 13.2 Å². The molecule has 1 fully saturated rings. The van der Waals surface area contributed by atoms with Crippen LogP contribution in [-0.2, 0) is 0 Å². The van der Waals surface area contributed by atoms with Crippen LogP contribution in [0.15, 0.2) is 0 Å². The molecule has 0 radical (unpaired) electrons. The molecule has 1 nitrogen and oxygen atoms in total. The normalized spacial score (nSPS) is 43.7. The first-order valence-electron chi connectivity index (χ1n) is 2.57. The second kappa shape index (κ2) is 1.79. The van der Waals surface area contributed by atoms with Crippen LogP contribution in [0.2, 0.25) is 0 Å². The lowest BCUT2D eigenvalue weighted by Gasteiger charge is -2.41. The van der Waals surface area contributed by atoms with Crippen molar-refractivity contribution in [2.75, 3.05) is 0 Å². The molecular weight excluding hydrogens is 167 g/mol. The Morgan fingerprint density at radius 1 is 1.50 bits per heavy atom. The fourth-order valence-electron chi connectivity index (χ4n) is 0.771. The lowest BCUT2D eigenvalue weighted by Crippen LogP contribution is -2.57. The van der Waals surface area contributed by atoms with Crippen LogP contribution in [0.4, 0.5) is 13.2 Å². The van der Waals surface area contributed by atoms with Crippen LogP contribution in [0.3, 0.4) is 0 Å². The van der Waals surface area contributed by atoms with E-state index in [1.165, 1.54) is 6.07 Å². The van der Waals surface area contributed by atoms with Crippen molar-refractivity contribution in [1.29, 1.82) is 5.26 Å². The summed E-state index contributed by atoms with van der Waals surface area (Å²) in [5.41, 5.74) is 0. The molecule has 0 aromatic carbocycles. The second-order valence-electron chi connectivity index (χ2n) is 2.21. The van der Waals surface area contributed by atoms with Gasteiger partial charge in [0.1, 0.15) is 5.92 Å². The van der Waals surface area contributed by atoms with E-state index in [1.54, 1.807) is 0 Å². The van der Waals surface area contributed by atoms with Crippen LogP contribution in [0, 0.1) is 17.2 Å². The molecule has 2 atom stereocenters. The molecule has 1 rings (SSSR count). The molecule has 1 saturated carbocycles. The maximum atomic E-state index is 12.4. The number of rotatable bonds is 0. The predicted molar refractivity (Wildman–Crippen MR) is 28.4 cm³/mol. The SMILES string of the molecule is N#CC1CC(F)(F)C1(F)Cl. The molecule has 0 heterocycles. The van der Waals surface area contributed by atoms with Gasteiger partial charge in [-0.3, -0.25) is 0 Å². The standard InChI is InChI=1S/C5H3ClF3N/c6-5(9)3(2-10)1-4(5,7)8/h3H,1H2. The molecule has 0 spiro atoms. The van der Waals surface area contributed by atoms with Gasteiger partial charge in [-0.25, -0.2) is 13.2 Å². The Morgan fingerprint density at radius 2 is 2.00 bits per heavy atom. The van der Waals surface area contributed by atoms with Crippen LogP contribution in [0.25, 0.3) is 0 Å². The summed E-state index contributed by atoms with van der Waals surface area (Å²) >= 11 is 4.72. The van der Waals surface area contributed by atoms with Gasteiger partial charge in [0.15, 0.2) is 0 Å². The third-order valence-corrected chi connectivity index (χ3v) is 2.08. The molecule has 0 amide bonds. The fourth-order valence-corrected chi connectivity index (χ4v) is 0.974. The Balaban J connectivity index is 2.77. The highest BCUT2D eigenvalue weighted by molar-refractivity contribution is 6.24. The summed E-state index contributed by atoms with van der Waals surface area (Å²) in [6.07, 6.45) is -0.774. The highest BCUT2D eigenvalue weighted by Gasteiger charge is 2.69. The van der Waals surface area contributed by atoms with Gasteiger partial charge in [0, 0.05) is 6.42 Å². The van der Waals surface area contributed by atoms with Crippen molar-refractivity contribution in [3.63, 3.8) is 0 Å². The Hall–Kier alpha value is -0.430. The number of hydrogen-bond acceptors (Lipinski definition) is 1. The molecule has 0 saturated heterocycles. The lowest BCUT2D eigenvalue weighted by atomic mass is 9.79. The minimum absolute atomic E-state index is 0.774. The topological polar surface area (TPSA) is 23.8 Å². The molecule has 1 aliphatic carbocycles. The quantitative estimate of drug-likeness (QED) is 0.510. The third kappa shape index (κ3) is 0.702. The summed E-state index contributed by atoms with van der Waals surface area (Å²) in [5.74, 6) is -4.90. The van der Waals surface area contributed by atoms with Gasteiger partial charge in [0.05, 0.1) is 6.07 Å². The van der Waals surface area contributed by atoms with Crippen LogP contribution in [-0.4, -0.2) is 11.1 Å². The van der Waals surface area contributed by atoms with Gasteiger partial charge >= 0.3 is 0 Å². The summed E-state index contributed by atoms with van der Waals surface area (Å²) < 4.78 is 36.6. The zero-order chi connectivity index (χ0) is 7.99. The van der Waals surface area contributed by atoms with Crippen LogP contribution in [0.1, 0.15) is 6.42 Å². The van der Waals surface area contributed by atoms with Gasteiger partial charge in [0.25, 0.3) is 11.1 Å². The molecule has 5 heteroatoms. The van der Waals surface area contributed by atoms with Crippen molar-refractivity contribution in [3.05, 3.63) is 0 Å². The highest BCUT2D eigenvalue weighted by Crippen LogP contribution is 2.56. The van der Waals surface area contributed by atoms with Gasteiger partial charge in [-0.2, -0.15) is 5.26 Å². The lowest BCUT2D eigenvalue weighted by molar-refractivity contribution is -0.191. The Morgan fingerprint density at radius 3 is 2.10 bits per heavy atom. The van der Waals surface area contributed by atoms with Gasteiger partial charge in [-0.15, -0.1) is 0 Å². The number of halogens is 4. The van der Waals surface area contributed by atoms with Crippen molar-refractivity contribution in [2.45, 2.75) is 17.5 Å². The zero-order valence-corrected chi connectivity index (χ0v) is 5.50. The average Bonchev–Trinajstić information content (AvgIpc) is 1.83. The second-order valence-corrected chi connectivity index (χ2v) is 2.76. The minimum Gasteiger partial charge on any atom is -0.218 e. The van der Waals surface area contributed by atoms with Crippen molar-refractivity contribution in [3.8, 4) is 6.07 Å². The van der Waals surface area contributed by atoms with Crippen LogP contribution in [0.5, 0.6) is 0 Å². The first-order valence-corrected chi connectivity index (χ1v) is 2.95. The average molecular weight is 170 g/mol. The van der Waals surface area contributed by atoms with Gasteiger partial charge in [-0.05, 0) is 0 Å². The van der Waals surface area contributed by atoms with E-state index in [4.69, 9.17) is 16.9 Å². The molecule has 0 bridgehead atoms. The molecule has 1 aliphatic rings. The molecule has 10 heavy (non-hydrogen) atoms. The number of hydrogen-bond donors (Lipinski definition) is 0. The fraction of sp³-hybridized carbons (Fsp3) is 0.800. The van der Waals surface area contributed by atoms with E-state index >= 15 is 0 Å². The third-order valence-electron chi connectivity index (χ3n) is 1.54. The summed E-state index contributed by atoms with van der Waals surface area (Å²) in [6.45, 7) is 0. The molecule has 2 unspecified atom stereocenters. The minimum atomic E-state index is -3.53. The maximum absolute atomic E-state index is 12.4. The van der Waals surface area contributed by atoms with Gasteiger partial charge in [0.2, 0.25) is 0 Å². The first kappa shape index (κ1) is 7.67. The Bertz CT molecular complexity index is 196. The smallest absolute Gasteiger partial charge is 0.218 e. The van der Waals surface area contributed by atoms with E-state index in [0.29, 0.717) is 0 Å². The van der Waals surface area contributed by atoms with Gasteiger partial charge in [-0.1, -0.05) is 11.6 Å². The molecule has 0 aliphatic heterocycles. The van der Waals surface area contributed by atoms with Crippen LogP contribution < -0.4 is 0 Å². The highest BCUT2D eigenvalue weighted by atomic mass is 35.5. The van der Waals surface area contributed by atoms with E-state index in [2.05, 4.69) is 0 Å². The van der Waals surface area contributed by atoms with E-state index in [1.807, 2.05) is 0 Å². The molecule has 0 aromatic heterocycles. The molecule has 0 N–H and O–H groups in total. The first-order chi connectivity index (χ1) is 4.42. The van der Waals surface area contributed by atoms with E-state index in [0.717, 1.165) is 0 Å². The van der Waals surface area contributed by atoms with Crippen molar-refractivity contribution >= 4 is 11.6 Å². The van der Waals surface area contributed by atoms with Crippen LogP contribution >= 0.6 is 11.6 Å². The van der Waals surface area contributed by atoms with Crippen molar-refractivity contribution in [1.82, 2.24) is 0 Å². The van der Waals surface area contributed by atoms with Crippen molar-refractivity contribution < 1.29 is 13.2 Å². The molecule has 56 valence electrons. The summed E-state index contributed by atoms with van der Waals surface area (Å²) in [5, 5.41) is 4.91. The summed E-state index contributed by atoms with van der Waals surface area (Å²) in [6, 6.07) is 1.36. The summed E-state index contributed by atoms with van der Waals surface area (Å²) in [7, 11) is 0. The zero-order valence-electron chi connectivity index (χ0n) is 4.74. The van der Waals surface area contributed by atoms with Crippen molar-refractivity contribution in [2.24, 2.45) is 5.92 Å². The Kier molecular flexibility index (Phi) is 1.37. The van der Waals surface area contributed by atoms with E-state index < -0.39 is 23.4 Å². The molecule has 0 aromatic rings. The number of nitrogens with zero attached hydrogens (tertiary/aromatic N) is 1. The molecular formula is C5H3ClF3N. The largest absolute Gasteiger partial charge is 0.298 e.